The molecule has 0 aliphatic rings. The lowest BCUT2D eigenvalue weighted by Crippen LogP contribution is -2.07. The zero-order valence-electron chi connectivity index (χ0n) is 21.9. The van der Waals surface area contributed by atoms with Crippen molar-refractivity contribution in [3.63, 3.8) is 0 Å². The van der Waals surface area contributed by atoms with Gasteiger partial charge in [-0.15, -0.1) is 0 Å². The van der Waals surface area contributed by atoms with Crippen molar-refractivity contribution >= 4 is 22.6 Å². The van der Waals surface area contributed by atoms with E-state index in [0.29, 0.717) is 44.0 Å². The highest BCUT2D eigenvalue weighted by Crippen LogP contribution is 2.35. The second-order valence-corrected chi connectivity index (χ2v) is 8.99. The number of ether oxygens (including phenoxy) is 2. The Kier molecular flexibility index (Phi) is 8.96. The van der Waals surface area contributed by atoms with E-state index >= 15 is 0 Å². The van der Waals surface area contributed by atoms with Crippen LogP contribution in [0.4, 0.5) is 10.1 Å². The van der Waals surface area contributed by atoms with Crippen LogP contribution in [0.3, 0.4) is 0 Å². The Balaban J connectivity index is 1.49. The molecule has 0 amide bonds. The predicted molar refractivity (Wildman–Crippen MR) is 147 cm³/mol. The lowest BCUT2D eigenvalue weighted by molar-refractivity contribution is -0.143. The Bertz CT molecular complexity index is 1360. The molecule has 4 rings (SSSR count). The maximum atomic E-state index is 14.6. The van der Waals surface area contributed by atoms with E-state index < -0.39 is 0 Å². The van der Waals surface area contributed by atoms with Gasteiger partial charge in [-0.25, -0.2) is 4.39 Å². The number of aromatic nitrogens is 1. The number of halogens is 1. The molecule has 0 saturated carbocycles. The van der Waals surface area contributed by atoms with Gasteiger partial charge in [0.25, 0.3) is 0 Å². The number of hydrogen-bond donors (Lipinski definition) is 1. The van der Waals surface area contributed by atoms with Crippen LogP contribution in [-0.2, 0) is 33.8 Å². The first-order chi connectivity index (χ1) is 18.0. The molecule has 0 aliphatic carbocycles. The monoisotopic (exact) mass is 502 g/mol. The highest BCUT2D eigenvalue weighted by atomic mass is 19.1. The van der Waals surface area contributed by atoms with E-state index in [1.165, 1.54) is 28.2 Å². The van der Waals surface area contributed by atoms with Gasteiger partial charge in [0.1, 0.15) is 5.82 Å². The highest BCUT2D eigenvalue weighted by Gasteiger charge is 2.15. The minimum absolute atomic E-state index is 0.172. The summed E-state index contributed by atoms with van der Waals surface area (Å²) >= 11 is 0. The van der Waals surface area contributed by atoms with Crippen molar-refractivity contribution in [2.75, 3.05) is 25.1 Å². The molecule has 0 unspecified atom stereocenters. The third-order valence-electron chi connectivity index (χ3n) is 6.56. The SMILES string of the molecule is CCOCCn1c(C)c(-c2cccc(CNc3ccc(CCC(=O)OCC)c(F)c3)c2)c2ccccc21. The summed E-state index contributed by atoms with van der Waals surface area (Å²) in [5, 5.41) is 4.55. The molecular weight excluding hydrogens is 467 g/mol. The third kappa shape index (κ3) is 6.38. The minimum atomic E-state index is -0.321. The fourth-order valence-electron chi connectivity index (χ4n) is 4.75. The number of nitrogens with zero attached hydrogens (tertiary/aromatic N) is 1. The van der Waals surface area contributed by atoms with Crippen LogP contribution in [0.15, 0.2) is 66.7 Å². The van der Waals surface area contributed by atoms with Crippen molar-refractivity contribution < 1.29 is 18.7 Å². The maximum absolute atomic E-state index is 14.6. The number of benzene rings is 3. The molecule has 5 nitrogen and oxygen atoms in total. The molecule has 0 radical (unpaired) electrons. The fraction of sp³-hybridized carbons (Fsp3) is 0.323. The molecule has 0 fully saturated rings. The Morgan fingerprint density at radius 2 is 1.84 bits per heavy atom. The van der Waals surface area contributed by atoms with Crippen LogP contribution in [-0.4, -0.2) is 30.4 Å². The molecule has 1 aromatic heterocycles. The van der Waals surface area contributed by atoms with Gasteiger partial charge < -0.3 is 19.4 Å². The number of rotatable bonds is 12. The first-order valence-electron chi connectivity index (χ1n) is 12.9. The summed E-state index contributed by atoms with van der Waals surface area (Å²) in [4.78, 5) is 11.6. The molecule has 37 heavy (non-hydrogen) atoms. The van der Waals surface area contributed by atoms with Crippen molar-refractivity contribution in [2.45, 2.75) is 46.7 Å². The zero-order chi connectivity index (χ0) is 26.2. The topological polar surface area (TPSA) is 52.5 Å². The number of esters is 1. The molecule has 0 aliphatic heterocycles. The molecule has 4 aromatic rings. The largest absolute Gasteiger partial charge is 0.466 e. The molecule has 194 valence electrons. The van der Waals surface area contributed by atoms with Crippen LogP contribution in [0.1, 0.15) is 37.1 Å². The van der Waals surface area contributed by atoms with Gasteiger partial charge in [-0.05, 0) is 68.1 Å². The van der Waals surface area contributed by atoms with Gasteiger partial charge in [0.05, 0.1) is 13.2 Å². The van der Waals surface area contributed by atoms with E-state index in [4.69, 9.17) is 9.47 Å². The smallest absolute Gasteiger partial charge is 0.306 e. The summed E-state index contributed by atoms with van der Waals surface area (Å²) in [5.74, 6) is -0.629. The Morgan fingerprint density at radius 1 is 1.00 bits per heavy atom. The lowest BCUT2D eigenvalue weighted by Gasteiger charge is -2.11. The Hall–Kier alpha value is -3.64. The molecular formula is C31H35FN2O3. The van der Waals surface area contributed by atoms with Gasteiger partial charge in [-0.1, -0.05) is 42.5 Å². The Morgan fingerprint density at radius 3 is 2.62 bits per heavy atom. The van der Waals surface area contributed by atoms with E-state index in [1.807, 2.05) is 13.0 Å². The number of anilines is 1. The summed E-state index contributed by atoms with van der Waals surface area (Å²) in [7, 11) is 0. The van der Waals surface area contributed by atoms with E-state index in [2.05, 4.69) is 65.3 Å². The van der Waals surface area contributed by atoms with Crippen molar-refractivity contribution in [3.8, 4) is 11.1 Å². The molecule has 6 heteroatoms. The summed E-state index contributed by atoms with van der Waals surface area (Å²) in [6, 6.07) is 22.0. The number of aryl methyl sites for hydroxylation is 1. The van der Waals surface area contributed by atoms with Crippen LogP contribution in [0.25, 0.3) is 22.0 Å². The first kappa shape index (κ1) is 26.4. The van der Waals surface area contributed by atoms with Gasteiger partial charge in [-0.2, -0.15) is 0 Å². The van der Waals surface area contributed by atoms with E-state index in [0.717, 1.165) is 17.7 Å². The average Bonchev–Trinajstić information content (AvgIpc) is 3.18. The molecule has 0 bridgehead atoms. The molecule has 0 spiro atoms. The quantitative estimate of drug-likeness (QED) is 0.169. The molecule has 1 heterocycles. The van der Waals surface area contributed by atoms with Gasteiger partial charge in [0.15, 0.2) is 0 Å². The highest BCUT2D eigenvalue weighted by molar-refractivity contribution is 5.98. The molecule has 0 saturated heterocycles. The van der Waals surface area contributed by atoms with Gasteiger partial charge >= 0.3 is 5.97 Å². The average molecular weight is 503 g/mol. The van der Waals surface area contributed by atoms with Crippen molar-refractivity contribution in [3.05, 3.63) is 89.4 Å². The number of para-hydroxylation sites is 1. The lowest BCUT2D eigenvalue weighted by atomic mass is 10.00. The number of hydrogen-bond acceptors (Lipinski definition) is 4. The summed E-state index contributed by atoms with van der Waals surface area (Å²) in [6.45, 7) is 9.04. The normalized spacial score (nSPS) is 11.1. The van der Waals surface area contributed by atoms with Crippen LogP contribution in [0, 0.1) is 12.7 Å². The van der Waals surface area contributed by atoms with Crippen molar-refractivity contribution in [1.82, 2.24) is 4.57 Å². The fourth-order valence-corrected chi connectivity index (χ4v) is 4.75. The summed E-state index contributed by atoms with van der Waals surface area (Å²) < 4.78 is 27.5. The minimum Gasteiger partial charge on any atom is -0.466 e. The summed E-state index contributed by atoms with van der Waals surface area (Å²) in [5.41, 5.74) is 7.12. The van der Waals surface area contributed by atoms with Crippen LogP contribution in [0.5, 0.6) is 0 Å². The second-order valence-electron chi connectivity index (χ2n) is 8.99. The van der Waals surface area contributed by atoms with Crippen molar-refractivity contribution in [1.29, 1.82) is 0 Å². The molecule has 3 aromatic carbocycles. The van der Waals surface area contributed by atoms with Gasteiger partial charge in [0, 0.05) is 54.0 Å². The number of carbonyl (C=O) groups excluding carboxylic acids is 1. The summed E-state index contributed by atoms with van der Waals surface area (Å²) in [6.07, 6.45) is 0.496. The van der Waals surface area contributed by atoms with Gasteiger partial charge in [0.2, 0.25) is 0 Å². The third-order valence-corrected chi connectivity index (χ3v) is 6.56. The first-order valence-corrected chi connectivity index (χ1v) is 12.9. The van der Waals surface area contributed by atoms with Crippen molar-refractivity contribution in [2.24, 2.45) is 0 Å². The van der Waals surface area contributed by atoms with E-state index in [1.54, 1.807) is 13.0 Å². The van der Waals surface area contributed by atoms with Crippen LogP contribution >= 0.6 is 0 Å². The van der Waals surface area contributed by atoms with Crippen LogP contribution < -0.4 is 5.32 Å². The number of fused-ring (bicyclic) bond motifs is 1. The standard InChI is InChI=1S/C31H35FN2O3/c1-4-36-18-17-34-22(3)31(27-11-6-7-12-29(27)34)25-10-8-9-23(19-25)21-33-26-15-13-24(28(32)20-26)14-16-30(35)37-5-2/h6-13,15,19-20,33H,4-5,14,16-18,21H2,1-3H3. The maximum Gasteiger partial charge on any atom is 0.306 e. The molecule has 1 N–H and O–H groups in total. The predicted octanol–water partition coefficient (Wildman–Crippen LogP) is 6.90. The number of carbonyl (C=O) groups is 1. The van der Waals surface area contributed by atoms with Crippen LogP contribution in [0.2, 0.25) is 0 Å². The Labute approximate surface area is 218 Å². The molecule has 0 atom stereocenters. The number of nitrogens with one attached hydrogen (secondary N) is 1. The zero-order valence-corrected chi connectivity index (χ0v) is 21.9. The van der Waals surface area contributed by atoms with Gasteiger partial charge in [-0.3, -0.25) is 4.79 Å². The van der Waals surface area contributed by atoms with E-state index in [-0.39, 0.29) is 18.2 Å². The second kappa shape index (κ2) is 12.5. The van der Waals surface area contributed by atoms with E-state index in [9.17, 15) is 9.18 Å².